The molecule has 0 radical (unpaired) electrons. The summed E-state index contributed by atoms with van der Waals surface area (Å²) in [7, 11) is -0.807. The molecule has 0 bridgehead atoms. The van der Waals surface area contributed by atoms with Crippen LogP contribution in [0.25, 0.3) is 0 Å². The van der Waals surface area contributed by atoms with Crippen LogP contribution in [0.1, 0.15) is 26.7 Å². The second-order valence-electron chi connectivity index (χ2n) is 10.5. The maximum absolute atomic E-state index is 13.6. The first-order valence-corrected chi connectivity index (χ1v) is 14.9. The summed E-state index contributed by atoms with van der Waals surface area (Å²) in [4.78, 5) is 35.6. The van der Waals surface area contributed by atoms with E-state index >= 15 is 0 Å². The maximum Gasteiger partial charge on any atom is 0.253 e. The summed E-state index contributed by atoms with van der Waals surface area (Å²) in [5.41, 5.74) is -0.537. The zero-order valence-electron chi connectivity index (χ0n) is 22.5. The number of rotatable bonds is 6. The molecule has 4 heterocycles. The summed E-state index contributed by atoms with van der Waals surface area (Å²) < 4.78 is 11.8. The number of amides is 2. The number of nitrogens with two attached hydrogens (primary N) is 3. The molecule has 1 spiro atoms. The zero-order chi connectivity index (χ0) is 29.0. The van der Waals surface area contributed by atoms with Crippen molar-refractivity contribution in [2.45, 2.75) is 50.5 Å². The average molecular weight is 601 g/mol. The van der Waals surface area contributed by atoms with Gasteiger partial charge in [0.2, 0.25) is 11.9 Å². The first kappa shape index (κ1) is 29.9. The summed E-state index contributed by atoms with van der Waals surface area (Å²) in [5, 5.41) is 23.6. The molecule has 2 amide bonds. The van der Waals surface area contributed by atoms with Crippen molar-refractivity contribution in [3.63, 3.8) is 0 Å². The van der Waals surface area contributed by atoms with Crippen molar-refractivity contribution in [2.75, 3.05) is 44.2 Å². The van der Waals surface area contributed by atoms with Gasteiger partial charge in [-0.3, -0.25) is 29.0 Å². The van der Waals surface area contributed by atoms with Gasteiger partial charge in [0.1, 0.15) is 11.2 Å². The monoisotopic (exact) mass is 600 g/mol. The summed E-state index contributed by atoms with van der Waals surface area (Å²) in [6.45, 7) is 6.84. The Labute approximate surface area is 239 Å². The highest BCUT2D eigenvalue weighted by atomic mass is 35.5. The van der Waals surface area contributed by atoms with Crippen molar-refractivity contribution >= 4 is 40.2 Å². The lowest BCUT2D eigenvalue weighted by molar-refractivity contribution is -0.140. The second kappa shape index (κ2) is 12.6. The normalized spacial score (nSPS) is 26.9. The van der Waals surface area contributed by atoms with Crippen LogP contribution in [0.4, 0.5) is 0 Å². The molecular formula is C21H37ClN14O3S. The number of aliphatic imine (C=N–C) groups is 1. The van der Waals surface area contributed by atoms with E-state index in [1.165, 1.54) is 5.01 Å². The molecule has 0 aliphatic carbocycles. The third kappa shape index (κ3) is 6.45. The molecule has 3 unspecified atom stereocenters. The third-order valence-electron chi connectivity index (χ3n) is 7.53. The number of carbonyl (C=O) groups is 2. The standard InChI is InChI=1S/C21H37ClN14O3S/c1-12(2)14(34-7-9-40(39)10-8-34)19(38)35-5-3-21(4-6-35)11-36(25)20(29-21)28-18(37)13-16(30-32-23)27-17(31-33-24)15(22)26-13/h12-14,16,26-27H,3-11,25H2,1-2H3,(H2,23,30)(H2,24,31)(H,28,29,37). The fourth-order valence-corrected chi connectivity index (χ4v) is 6.77. The van der Waals surface area contributed by atoms with Gasteiger partial charge in [0, 0.05) is 48.5 Å². The van der Waals surface area contributed by atoms with Crippen LogP contribution in [0.15, 0.2) is 36.6 Å². The van der Waals surface area contributed by atoms with Crippen LogP contribution in [0.3, 0.4) is 0 Å². The van der Waals surface area contributed by atoms with Crippen molar-refractivity contribution in [1.29, 1.82) is 0 Å². The Morgan fingerprint density at radius 1 is 1.15 bits per heavy atom. The number of nitrogens with zero attached hydrogens (tertiary/aromatic N) is 8. The van der Waals surface area contributed by atoms with Crippen molar-refractivity contribution in [3.8, 4) is 0 Å². The highest BCUT2D eigenvalue weighted by Crippen LogP contribution is 2.32. The second-order valence-corrected chi connectivity index (χ2v) is 12.6. The first-order valence-electron chi connectivity index (χ1n) is 13.0. The minimum absolute atomic E-state index is 0.00168. The molecular weight excluding hydrogens is 564 g/mol. The molecule has 19 heteroatoms. The maximum atomic E-state index is 13.6. The van der Waals surface area contributed by atoms with Crippen molar-refractivity contribution in [2.24, 2.45) is 49.1 Å². The Bertz CT molecular complexity index is 1110. The van der Waals surface area contributed by atoms with E-state index in [1.807, 2.05) is 18.7 Å². The van der Waals surface area contributed by atoms with Crippen LogP contribution in [0.5, 0.6) is 0 Å². The van der Waals surface area contributed by atoms with E-state index in [1.54, 1.807) is 0 Å². The number of hydrogen-bond donors (Lipinski definition) is 6. The number of hydrogen-bond acceptors (Lipinski definition) is 13. The van der Waals surface area contributed by atoms with Gasteiger partial charge >= 0.3 is 0 Å². The van der Waals surface area contributed by atoms with E-state index < -0.39 is 34.5 Å². The van der Waals surface area contributed by atoms with Gasteiger partial charge in [-0.15, -0.1) is 10.2 Å². The zero-order valence-corrected chi connectivity index (χ0v) is 24.1. The molecule has 0 aromatic carbocycles. The molecule has 4 rings (SSSR count). The summed E-state index contributed by atoms with van der Waals surface area (Å²) in [6.07, 6.45) is 0.226. The predicted molar refractivity (Wildman–Crippen MR) is 148 cm³/mol. The number of likely N-dealkylation sites (tertiary alicyclic amines) is 1. The molecule has 0 aromatic heterocycles. The van der Waals surface area contributed by atoms with E-state index in [4.69, 9.17) is 34.1 Å². The lowest BCUT2D eigenvalue weighted by Crippen LogP contribution is -2.60. The molecule has 2 saturated heterocycles. The van der Waals surface area contributed by atoms with E-state index in [2.05, 4.69) is 41.5 Å². The molecule has 222 valence electrons. The molecule has 0 aromatic rings. The summed E-state index contributed by atoms with van der Waals surface area (Å²) in [5.74, 6) is 17.7. The number of halogens is 1. The fourth-order valence-electron chi connectivity index (χ4n) is 5.47. The van der Waals surface area contributed by atoms with Crippen LogP contribution < -0.4 is 33.5 Å². The molecule has 40 heavy (non-hydrogen) atoms. The molecule has 2 fully saturated rings. The number of guanidine groups is 1. The van der Waals surface area contributed by atoms with Gasteiger partial charge in [0.25, 0.3) is 5.91 Å². The van der Waals surface area contributed by atoms with Gasteiger partial charge in [-0.25, -0.2) is 10.8 Å². The Kier molecular flexibility index (Phi) is 9.42. The molecule has 9 N–H and O–H groups in total. The van der Waals surface area contributed by atoms with Crippen LogP contribution in [-0.2, 0) is 20.4 Å². The van der Waals surface area contributed by atoms with Gasteiger partial charge in [-0.1, -0.05) is 35.9 Å². The highest BCUT2D eigenvalue weighted by molar-refractivity contribution is 7.85. The quantitative estimate of drug-likeness (QED) is 0.0848. The van der Waals surface area contributed by atoms with Gasteiger partial charge in [0.05, 0.1) is 18.1 Å². The van der Waals surface area contributed by atoms with E-state index in [-0.39, 0.29) is 34.8 Å². The highest BCUT2D eigenvalue weighted by Gasteiger charge is 2.45. The van der Waals surface area contributed by atoms with Gasteiger partial charge in [-0.05, 0) is 18.8 Å². The van der Waals surface area contributed by atoms with Crippen LogP contribution >= 0.6 is 11.6 Å². The van der Waals surface area contributed by atoms with Crippen LogP contribution in [-0.4, -0.2) is 105 Å². The first-order chi connectivity index (χ1) is 19.1. The lowest BCUT2D eigenvalue weighted by Gasteiger charge is -2.42. The van der Waals surface area contributed by atoms with Crippen molar-refractivity contribution in [1.82, 2.24) is 30.8 Å². The molecule has 4 aliphatic heterocycles. The minimum atomic E-state index is -1.02. The predicted octanol–water partition coefficient (Wildman–Crippen LogP) is -2.00. The van der Waals surface area contributed by atoms with Crippen LogP contribution in [0.2, 0.25) is 0 Å². The minimum Gasteiger partial charge on any atom is -0.358 e. The SMILES string of the molecule is CC(C)C(C(=O)N1CCC2(CC1)CN(N)C(NC(=O)C1NC(Cl)=C(N=NN)NC1N=NN)=N2)N1CCS(=O)CC1. The van der Waals surface area contributed by atoms with E-state index in [9.17, 15) is 13.8 Å². The van der Waals surface area contributed by atoms with Crippen molar-refractivity contribution < 1.29 is 13.8 Å². The Morgan fingerprint density at radius 2 is 1.82 bits per heavy atom. The lowest BCUT2D eigenvalue weighted by atomic mass is 9.88. The van der Waals surface area contributed by atoms with Gasteiger partial charge in [0.15, 0.2) is 12.0 Å². The number of nitrogens with one attached hydrogen (secondary N) is 3. The number of carbonyl (C=O) groups excluding carboxylic acids is 2. The van der Waals surface area contributed by atoms with Crippen molar-refractivity contribution in [3.05, 3.63) is 11.0 Å². The van der Waals surface area contributed by atoms with Gasteiger partial charge in [-0.2, -0.15) is 0 Å². The van der Waals surface area contributed by atoms with Gasteiger partial charge < -0.3 is 27.2 Å². The Hall–Kier alpha value is -3.09. The van der Waals surface area contributed by atoms with Crippen LogP contribution in [0, 0.1) is 5.92 Å². The topological polar surface area (TPSA) is 237 Å². The molecule has 17 nitrogen and oxygen atoms in total. The largest absolute Gasteiger partial charge is 0.358 e. The Morgan fingerprint density at radius 3 is 2.42 bits per heavy atom. The number of hydrazine groups is 1. The van der Waals surface area contributed by atoms with E-state index in [0.29, 0.717) is 57.1 Å². The Balaban J connectivity index is 1.40. The smallest absolute Gasteiger partial charge is 0.253 e. The number of piperidine rings is 1. The molecule has 4 aliphatic rings. The average Bonchev–Trinajstić information content (AvgIpc) is 3.21. The fraction of sp³-hybridized carbons (Fsp3) is 0.762. The third-order valence-corrected chi connectivity index (χ3v) is 9.10. The molecule has 3 atom stereocenters. The molecule has 0 saturated carbocycles. The van der Waals surface area contributed by atoms with E-state index in [0.717, 1.165) is 0 Å². The summed E-state index contributed by atoms with van der Waals surface area (Å²) >= 11 is 6.16. The summed E-state index contributed by atoms with van der Waals surface area (Å²) in [6, 6.07) is -1.27.